The number of rotatable bonds is 3. The Morgan fingerprint density at radius 2 is 2.00 bits per heavy atom. The molecule has 2 aromatic rings. The average molecular weight is 271 g/mol. The molecule has 1 aliphatic heterocycles. The number of nitrogens with zero attached hydrogens (tertiary/aromatic N) is 3. The zero-order chi connectivity index (χ0) is 13.8. The number of benzene rings is 1. The monoisotopic (exact) mass is 271 g/mol. The summed E-state index contributed by atoms with van der Waals surface area (Å²) in [4.78, 5) is 13.7. The maximum atomic E-state index is 12.0. The van der Waals surface area contributed by atoms with E-state index in [1.54, 1.807) is 4.90 Å². The van der Waals surface area contributed by atoms with Crippen LogP contribution in [0.3, 0.4) is 0 Å². The number of anilines is 1. The maximum Gasteiger partial charge on any atom is 0.230 e. The minimum absolute atomic E-state index is 0.0764. The second kappa shape index (κ2) is 5.88. The first kappa shape index (κ1) is 12.9. The first-order valence-corrected chi connectivity index (χ1v) is 6.78. The summed E-state index contributed by atoms with van der Waals surface area (Å²) in [6, 6.07) is 12.0. The van der Waals surface area contributed by atoms with Gasteiger partial charge in [-0.3, -0.25) is 14.4 Å². The minimum Gasteiger partial charge on any atom is -0.379 e. The lowest BCUT2D eigenvalue weighted by molar-refractivity contribution is -0.118. The van der Waals surface area contributed by atoms with Crippen LogP contribution in [0.1, 0.15) is 12.0 Å². The highest BCUT2D eigenvalue weighted by Gasteiger charge is 2.20. The highest BCUT2D eigenvalue weighted by atomic mass is 16.5. The third-order valence-corrected chi connectivity index (χ3v) is 3.31. The Labute approximate surface area is 117 Å². The van der Waals surface area contributed by atoms with Crippen LogP contribution in [-0.4, -0.2) is 35.4 Å². The summed E-state index contributed by atoms with van der Waals surface area (Å²) in [5.74, 6) is 0.781. The molecule has 0 radical (unpaired) electrons. The Morgan fingerprint density at radius 1 is 1.15 bits per heavy atom. The summed E-state index contributed by atoms with van der Waals surface area (Å²) in [5, 5.41) is 4.49. The largest absolute Gasteiger partial charge is 0.379 e. The van der Waals surface area contributed by atoms with Gasteiger partial charge in [0.1, 0.15) is 0 Å². The first-order valence-electron chi connectivity index (χ1n) is 6.78. The molecule has 0 bridgehead atoms. The summed E-state index contributed by atoms with van der Waals surface area (Å²) < 4.78 is 7.17. The maximum absolute atomic E-state index is 12.0. The van der Waals surface area contributed by atoms with E-state index in [4.69, 9.17) is 4.74 Å². The van der Waals surface area contributed by atoms with E-state index in [1.165, 1.54) is 5.56 Å². The standard InChI is InChI=1S/C15H17N3O2/c19-15-7-10-20-11-9-18(15)14-6-8-17(16-14)12-13-4-2-1-3-5-13/h1-6,8H,7,9-12H2. The molecule has 3 rings (SSSR count). The van der Waals surface area contributed by atoms with E-state index in [0.717, 1.165) is 0 Å². The fourth-order valence-electron chi connectivity index (χ4n) is 2.27. The zero-order valence-electron chi connectivity index (χ0n) is 11.2. The Hall–Kier alpha value is -2.14. The second-order valence-electron chi connectivity index (χ2n) is 4.76. The Balaban J connectivity index is 1.74. The lowest BCUT2D eigenvalue weighted by atomic mass is 10.2. The van der Waals surface area contributed by atoms with Crippen LogP contribution in [0.5, 0.6) is 0 Å². The molecule has 5 heteroatoms. The molecule has 0 atom stereocenters. The number of ether oxygens (including phenoxy) is 1. The van der Waals surface area contributed by atoms with Crippen LogP contribution in [0.25, 0.3) is 0 Å². The van der Waals surface area contributed by atoms with Gasteiger partial charge >= 0.3 is 0 Å². The molecule has 2 heterocycles. The molecule has 0 saturated carbocycles. The van der Waals surface area contributed by atoms with Crippen LogP contribution in [0, 0.1) is 0 Å². The molecule has 1 saturated heterocycles. The topological polar surface area (TPSA) is 47.4 Å². The van der Waals surface area contributed by atoms with Crippen LogP contribution in [0.15, 0.2) is 42.6 Å². The summed E-state index contributed by atoms with van der Waals surface area (Å²) >= 11 is 0. The molecule has 1 aliphatic rings. The number of amides is 1. The molecule has 1 amide bonds. The smallest absolute Gasteiger partial charge is 0.230 e. The van der Waals surface area contributed by atoms with Gasteiger partial charge < -0.3 is 4.74 Å². The molecular formula is C15H17N3O2. The van der Waals surface area contributed by atoms with Crippen molar-refractivity contribution in [2.45, 2.75) is 13.0 Å². The molecule has 104 valence electrons. The van der Waals surface area contributed by atoms with E-state index in [0.29, 0.717) is 38.5 Å². The Bertz CT molecular complexity index is 580. The van der Waals surface area contributed by atoms with E-state index in [-0.39, 0.29) is 5.91 Å². The van der Waals surface area contributed by atoms with Gasteiger partial charge in [0.2, 0.25) is 5.91 Å². The van der Waals surface area contributed by atoms with Crippen molar-refractivity contribution in [3.63, 3.8) is 0 Å². The van der Waals surface area contributed by atoms with E-state index in [2.05, 4.69) is 17.2 Å². The van der Waals surface area contributed by atoms with Crippen LogP contribution in [-0.2, 0) is 16.1 Å². The quantitative estimate of drug-likeness (QED) is 0.853. The van der Waals surface area contributed by atoms with Gasteiger partial charge in [0, 0.05) is 12.3 Å². The SMILES string of the molecule is O=C1CCOCCN1c1ccn(Cc2ccccc2)n1. The third kappa shape index (κ3) is 2.88. The zero-order valence-corrected chi connectivity index (χ0v) is 11.2. The van der Waals surface area contributed by atoms with Gasteiger partial charge in [0.15, 0.2) is 5.82 Å². The third-order valence-electron chi connectivity index (χ3n) is 3.31. The van der Waals surface area contributed by atoms with Crippen LogP contribution in [0.4, 0.5) is 5.82 Å². The highest BCUT2D eigenvalue weighted by Crippen LogP contribution is 2.14. The van der Waals surface area contributed by atoms with E-state index < -0.39 is 0 Å². The number of carbonyl (C=O) groups is 1. The van der Waals surface area contributed by atoms with Crippen LogP contribution < -0.4 is 4.90 Å². The molecule has 1 aromatic carbocycles. The first-order chi connectivity index (χ1) is 9.83. The van der Waals surface area contributed by atoms with Crippen molar-refractivity contribution < 1.29 is 9.53 Å². The van der Waals surface area contributed by atoms with Crippen molar-refractivity contribution in [1.29, 1.82) is 0 Å². The van der Waals surface area contributed by atoms with Crippen molar-refractivity contribution >= 4 is 11.7 Å². The van der Waals surface area contributed by atoms with Crippen LogP contribution in [0.2, 0.25) is 0 Å². The molecule has 1 aromatic heterocycles. The normalized spacial score (nSPS) is 16.2. The Morgan fingerprint density at radius 3 is 2.85 bits per heavy atom. The predicted octanol–water partition coefficient (Wildman–Crippen LogP) is 1.68. The highest BCUT2D eigenvalue weighted by molar-refractivity contribution is 5.92. The number of hydrogen-bond donors (Lipinski definition) is 0. The van der Waals surface area contributed by atoms with Gasteiger partial charge in [-0.05, 0) is 5.56 Å². The van der Waals surface area contributed by atoms with E-state index >= 15 is 0 Å². The fraction of sp³-hybridized carbons (Fsp3) is 0.333. The van der Waals surface area contributed by atoms with Gasteiger partial charge in [-0.2, -0.15) is 5.10 Å². The van der Waals surface area contributed by atoms with Crippen molar-refractivity contribution in [3.8, 4) is 0 Å². The summed E-state index contributed by atoms with van der Waals surface area (Å²) in [5.41, 5.74) is 1.19. The van der Waals surface area contributed by atoms with Gasteiger partial charge in [-0.1, -0.05) is 30.3 Å². The van der Waals surface area contributed by atoms with Crippen molar-refractivity contribution in [2.24, 2.45) is 0 Å². The predicted molar refractivity (Wildman–Crippen MR) is 75.6 cm³/mol. The summed E-state index contributed by atoms with van der Waals surface area (Å²) in [6.07, 6.45) is 2.33. The van der Waals surface area contributed by atoms with Gasteiger partial charge in [0.05, 0.1) is 32.7 Å². The number of hydrogen-bond acceptors (Lipinski definition) is 3. The van der Waals surface area contributed by atoms with Crippen molar-refractivity contribution in [1.82, 2.24) is 9.78 Å². The average Bonchev–Trinajstić information content (AvgIpc) is 2.81. The summed E-state index contributed by atoms with van der Waals surface area (Å²) in [6.45, 7) is 2.35. The molecule has 20 heavy (non-hydrogen) atoms. The molecule has 0 unspecified atom stereocenters. The van der Waals surface area contributed by atoms with Gasteiger partial charge in [-0.25, -0.2) is 0 Å². The Kier molecular flexibility index (Phi) is 3.78. The van der Waals surface area contributed by atoms with Gasteiger partial charge in [-0.15, -0.1) is 0 Å². The molecule has 1 fully saturated rings. The summed E-state index contributed by atoms with van der Waals surface area (Å²) in [7, 11) is 0. The van der Waals surface area contributed by atoms with E-state index in [9.17, 15) is 4.79 Å². The van der Waals surface area contributed by atoms with Crippen molar-refractivity contribution in [2.75, 3.05) is 24.7 Å². The van der Waals surface area contributed by atoms with E-state index in [1.807, 2.05) is 35.1 Å². The fourth-order valence-corrected chi connectivity index (χ4v) is 2.27. The second-order valence-corrected chi connectivity index (χ2v) is 4.76. The number of aromatic nitrogens is 2. The van der Waals surface area contributed by atoms with Crippen molar-refractivity contribution in [3.05, 3.63) is 48.2 Å². The minimum atomic E-state index is 0.0764. The molecule has 5 nitrogen and oxygen atoms in total. The van der Waals surface area contributed by atoms with Gasteiger partial charge in [0.25, 0.3) is 0 Å². The molecule has 0 N–H and O–H groups in total. The lowest BCUT2D eigenvalue weighted by Gasteiger charge is -2.16. The molecule has 0 aliphatic carbocycles. The molecular weight excluding hydrogens is 254 g/mol. The van der Waals surface area contributed by atoms with Crippen LogP contribution >= 0.6 is 0 Å². The lowest BCUT2D eigenvalue weighted by Crippen LogP contribution is -2.32. The number of carbonyl (C=O) groups excluding carboxylic acids is 1. The molecule has 0 spiro atoms.